The molecule has 174 valence electrons. The van der Waals surface area contributed by atoms with Crippen LogP contribution in [0, 0.1) is 10.8 Å². The summed E-state index contributed by atoms with van der Waals surface area (Å²) in [6.45, 7) is 18.1. The second kappa shape index (κ2) is 8.37. The number of carbonyl (C=O) groups excluding carboxylic acids is 2. The fourth-order valence-electron chi connectivity index (χ4n) is 3.06. The van der Waals surface area contributed by atoms with Crippen molar-refractivity contribution in [2.75, 3.05) is 13.2 Å². The lowest BCUT2D eigenvalue weighted by Gasteiger charge is -2.36. The smallest absolute Gasteiger partial charge is 0.311 e. The van der Waals surface area contributed by atoms with Gasteiger partial charge in [-0.25, -0.2) is 0 Å². The predicted octanol–water partition coefficient (Wildman–Crippen LogP) is 3.21. The van der Waals surface area contributed by atoms with Crippen LogP contribution in [0.25, 0.3) is 0 Å². The lowest BCUT2D eigenvalue weighted by Crippen LogP contribution is -2.53. The van der Waals surface area contributed by atoms with Gasteiger partial charge in [0.25, 0.3) is 0 Å². The molecule has 0 saturated carbocycles. The number of carbonyl (C=O) groups is 2. The molecule has 4 atom stereocenters. The highest BCUT2D eigenvalue weighted by molar-refractivity contribution is 5.76. The van der Waals surface area contributed by atoms with Gasteiger partial charge in [0, 0.05) is 0 Å². The second-order valence-electron chi connectivity index (χ2n) is 11.0. The Morgan fingerprint density at radius 3 is 1.23 bits per heavy atom. The zero-order chi connectivity index (χ0) is 23.1. The summed E-state index contributed by atoms with van der Waals surface area (Å²) in [6, 6.07) is 0. The Kier molecular flexibility index (Phi) is 6.99. The number of rotatable bonds is 5. The number of esters is 2. The molecule has 0 N–H and O–H groups in total. The van der Waals surface area contributed by atoms with Crippen molar-refractivity contribution < 1.29 is 38.0 Å². The summed E-state index contributed by atoms with van der Waals surface area (Å²) in [6.07, 6.45) is -3.10. The molecule has 0 unspecified atom stereocenters. The van der Waals surface area contributed by atoms with Gasteiger partial charge in [-0.2, -0.15) is 0 Å². The van der Waals surface area contributed by atoms with E-state index in [-0.39, 0.29) is 13.2 Å². The highest BCUT2D eigenvalue weighted by atomic mass is 16.8. The van der Waals surface area contributed by atoms with Gasteiger partial charge >= 0.3 is 11.9 Å². The number of hydrogen-bond donors (Lipinski definition) is 0. The summed E-state index contributed by atoms with van der Waals surface area (Å²) in [5.41, 5.74) is -1.50. The predicted molar refractivity (Wildman–Crippen MR) is 108 cm³/mol. The van der Waals surface area contributed by atoms with Crippen LogP contribution in [0.3, 0.4) is 0 Å². The zero-order valence-corrected chi connectivity index (χ0v) is 20.0. The fraction of sp³-hybridized carbons (Fsp3) is 0.909. The molecule has 0 radical (unpaired) electrons. The van der Waals surface area contributed by atoms with Crippen molar-refractivity contribution >= 4 is 11.9 Å². The first-order valence-corrected chi connectivity index (χ1v) is 10.5. The normalized spacial score (nSPS) is 28.1. The monoisotopic (exact) mass is 430 g/mol. The van der Waals surface area contributed by atoms with E-state index >= 15 is 0 Å². The maximum absolute atomic E-state index is 12.8. The molecule has 8 nitrogen and oxygen atoms in total. The van der Waals surface area contributed by atoms with Crippen molar-refractivity contribution in [3.63, 3.8) is 0 Å². The Labute approximate surface area is 179 Å². The molecular weight excluding hydrogens is 392 g/mol. The van der Waals surface area contributed by atoms with Crippen LogP contribution in [-0.2, 0) is 38.0 Å². The first-order chi connectivity index (χ1) is 13.4. The van der Waals surface area contributed by atoms with E-state index in [9.17, 15) is 9.59 Å². The highest BCUT2D eigenvalue weighted by Gasteiger charge is 2.51. The van der Waals surface area contributed by atoms with Gasteiger partial charge < -0.3 is 28.4 Å². The van der Waals surface area contributed by atoms with E-state index in [1.165, 1.54) is 0 Å². The minimum atomic E-state index is -0.924. The molecule has 2 aliphatic heterocycles. The molecule has 2 saturated heterocycles. The molecule has 0 aromatic heterocycles. The zero-order valence-electron chi connectivity index (χ0n) is 20.0. The molecule has 0 aromatic rings. The van der Waals surface area contributed by atoms with Gasteiger partial charge in [0.15, 0.2) is 23.8 Å². The molecule has 2 heterocycles. The molecule has 2 fully saturated rings. The van der Waals surface area contributed by atoms with Crippen molar-refractivity contribution in [1.29, 1.82) is 0 Å². The summed E-state index contributed by atoms with van der Waals surface area (Å²) in [5.74, 6) is -2.56. The molecule has 8 heteroatoms. The van der Waals surface area contributed by atoms with Crippen LogP contribution in [0.1, 0.15) is 69.2 Å². The molecule has 0 bridgehead atoms. The number of ether oxygens (including phenoxy) is 6. The lowest BCUT2D eigenvalue weighted by molar-refractivity contribution is -0.215. The first kappa shape index (κ1) is 25.0. The molecule has 0 aliphatic carbocycles. The average molecular weight is 431 g/mol. The Balaban J connectivity index is 2.39. The lowest BCUT2D eigenvalue weighted by atomic mass is 9.95. The standard InChI is InChI=1S/C22H38O8/c1-19(2,3)17(23)27-15(13-11-25-21(7,8)29-13)16(28-18(24)20(4,5)6)14-12-26-22(9,10)30-14/h13-16H,11-12H2,1-10H3/t13-,14-,15-,16-/m1/s1. The van der Waals surface area contributed by atoms with E-state index in [0.717, 1.165) is 0 Å². The molecule has 2 rings (SSSR count). The maximum Gasteiger partial charge on any atom is 0.311 e. The molecule has 0 amide bonds. The highest BCUT2D eigenvalue weighted by Crippen LogP contribution is 2.34. The SMILES string of the molecule is CC1(C)OC[C@H]([C@@H](OC(=O)C(C)(C)C)[C@H](OC(=O)C(C)(C)C)[C@H]2COC(C)(C)O2)O1. The van der Waals surface area contributed by atoms with Gasteiger partial charge in [0.05, 0.1) is 24.0 Å². The largest absolute Gasteiger partial charge is 0.455 e. The van der Waals surface area contributed by atoms with Gasteiger partial charge in [-0.1, -0.05) is 0 Å². The summed E-state index contributed by atoms with van der Waals surface area (Å²) >= 11 is 0. The van der Waals surface area contributed by atoms with Gasteiger partial charge in [-0.15, -0.1) is 0 Å². The van der Waals surface area contributed by atoms with Gasteiger partial charge in [-0.05, 0) is 69.2 Å². The van der Waals surface area contributed by atoms with E-state index < -0.39 is 58.8 Å². The minimum Gasteiger partial charge on any atom is -0.455 e. The van der Waals surface area contributed by atoms with Crippen molar-refractivity contribution in [2.24, 2.45) is 10.8 Å². The van der Waals surface area contributed by atoms with Gasteiger partial charge in [0.1, 0.15) is 12.2 Å². The molecular formula is C22H38O8. The third-order valence-electron chi connectivity index (χ3n) is 4.83. The van der Waals surface area contributed by atoms with Crippen LogP contribution in [0.15, 0.2) is 0 Å². The summed E-state index contributed by atoms with van der Waals surface area (Å²) < 4.78 is 35.2. The van der Waals surface area contributed by atoms with E-state index in [4.69, 9.17) is 28.4 Å². The van der Waals surface area contributed by atoms with Crippen LogP contribution >= 0.6 is 0 Å². The fourth-order valence-corrected chi connectivity index (χ4v) is 3.06. The van der Waals surface area contributed by atoms with Crippen LogP contribution in [-0.4, -0.2) is 61.1 Å². The van der Waals surface area contributed by atoms with Crippen molar-refractivity contribution in [3.05, 3.63) is 0 Å². The van der Waals surface area contributed by atoms with Crippen LogP contribution < -0.4 is 0 Å². The van der Waals surface area contributed by atoms with Crippen LogP contribution in [0.2, 0.25) is 0 Å². The van der Waals surface area contributed by atoms with Gasteiger partial charge in [-0.3, -0.25) is 9.59 Å². The van der Waals surface area contributed by atoms with E-state index in [1.807, 2.05) is 0 Å². The summed E-state index contributed by atoms with van der Waals surface area (Å²) in [7, 11) is 0. The van der Waals surface area contributed by atoms with E-state index in [2.05, 4.69) is 0 Å². The quantitative estimate of drug-likeness (QED) is 0.614. The minimum absolute atomic E-state index is 0.190. The van der Waals surface area contributed by atoms with E-state index in [1.54, 1.807) is 69.2 Å². The number of hydrogen-bond acceptors (Lipinski definition) is 8. The Morgan fingerprint density at radius 2 is 1.03 bits per heavy atom. The third kappa shape index (κ3) is 6.39. The summed E-state index contributed by atoms with van der Waals surface area (Å²) in [4.78, 5) is 25.6. The molecule has 0 spiro atoms. The topological polar surface area (TPSA) is 89.5 Å². The maximum atomic E-state index is 12.8. The Hall–Kier alpha value is -1.22. The van der Waals surface area contributed by atoms with Crippen LogP contribution in [0.4, 0.5) is 0 Å². The Bertz CT molecular complexity index is 585. The first-order valence-electron chi connectivity index (χ1n) is 10.5. The van der Waals surface area contributed by atoms with Crippen LogP contribution in [0.5, 0.6) is 0 Å². The van der Waals surface area contributed by atoms with E-state index in [0.29, 0.717) is 0 Å². The van der Waals surface area contributed by atoms with Crippen molar-refractivity contribution in [3.8, 4) is 0 Å². The molecule has 2 aliphatic rings. The Morgan fingerprint density at radius 1 is 0.733 bits per heavy atom. The average Bonchev–Trinajstić information content (AvgIpc) is 3.09. The van der Waals surface area contributed by atoms with Gasteiger partial charge in [0.2, 0.25) is 0 Å². The molecule has 30 heavy (non-hydrogen) atoms. The molecule has 0 aromatic carbocycles. The van der Waals surface area contributed by atoms with Crippen molar-refractivity contribution in [2.45, 2.75) is 105 Å². The van der Waals surface area contributed by atoms with Crippen molar-refractivity contribution in [1.82, 2.24) is 0 Å². The summed E-state index contributed by atoms with van der Waals surface area (Å²) in [5, 5.41) is 0. The third-order valence-corrected chi connectivity index (χ3v) is 4.83. The second-order valence-corrected chi connectivity index (χ2v) is 11.0.